The number of hydrogen-bond acceptors (Lipinski definition) is 1. The number of benzene rings is 1. The summed E-state index contributed by atoms with van der Waals surface area (Å²) in [6.45, 7) is 2.91. The number of carbonyl (C=O) groups excluding carboxylic acids is 1. The Morgan fingerprint density at radius 1 is 1.21 bits per heavy atom. The van der Waals surface area contributed by atoms with Crippen LogP contribution in [0.2, 0.25) is 0 Å². The molecule has 0 bridgehead atoms. The van der Waals surface area contributed by atoms with Gasteiger partial charge in [0.15, 0.2) is 0 Å². The molecule has 1 rings (SSSR count). The van der Waals surface area contributed by atoms with Crippen LogP contribution in [0.5, 0.6) is 0 Å². The molecule has 0 aliphatic heterocycles. The predicted molar refractivity (Wildman–Crippen MR) is 58.2 cm³/mol. The second-order valence-corrected chi connectivity index (χ2v) is 3.34. The molecule has 14 heavy (non-hydrogen) atoms. The Balaban J connectivity index is 2.59. The van der Waals surface area contributed by atoms with E-state index in [1.807, 2.05) is 0 Å². The van der Waals surface area contributed by atoms with Gasteiger partial charge in [-0.1, -0.05) is 37.6 Å². The lowest BCUT2D eigenvalue weighted by Gasteiger charge is -2.07. The monoisotopic (exact) mass is 191 g/mol. The van der Waals surface area contributed by atoms with Crippen LogP contribution in [-0.2, 0) is 17.6 Å². The zero-order valence-electron chi connectivity index (χ0n) is 8.62. The molecular formula is C12H17NO. The van der Waals surface area contributed by atoms with E-state index in [0.717, 1.165) is 32.2 Å². The number of hydrogen-bond donors (Lipinski definition) is 1. The van der Waals surface area contributed by atoms with E-state index in [-0.39, 0.29) is 0 Å². The zero-order valence-corrected chi connectivity index (χ0v) is 8.62. The van der Waals surface area contributed by atoms with Gasteiger partial charge < -0.3 is 5.32 Å². The third kappa shape index (κ3) is 3.21. The smallest absolute Gasteiger partial charge is 0.207 e. The Morgan fingerprint density at radius 2 is 1.86 bits per heavy atom. The molecule has 0 aliphatic carbocycles. The fourth-order valence-electron chi connectivity index (χ4n) is 1.58. The molecule has 0 aromatic heterocycles. The molecule has 0 saturated heterocycles. The Hall–Kier alpha value is -1.31. The molecule has 0 atom stereocenters. The van der Waals surface area contributed by atoms with Crippen molar-refractivity contribution < 1.29 is 4.79 Å². The van der Waals surface area contributed by atoms with Crippen molar-refractivity contribution in [2.75, 3.05) is 6.54 Å². The summed E-state index contributed by atoms with van der Waals surface area (Å²) < 4.78 is 0. The molecule has 0 heterocycles. The van der Waals surface area contributed by atoms with Crippen LogP contribution in [0.15, 0.2) is 24.3 Å². The van der Waals surface area contributed by atoms with Gasteiger partial charge in [-0.2, -0.15) is 0 Å². The first-order valence-electron chi connectivity index (χ1n) is 5.12. The first-order valence-corrected chi connectivity index (χ1v) is 5.12. The minimum Gasteiger partial charge on any atom is -0.358 e. The van der Waals surface area contributed by atoms with Gasteiger partial charge in [0.25, 0.3) is 0 Å². The molecule has 1 aromatic rings. The van der Waals surface area contributed by atoms with E-state index in [0.29, 0.717) is 0 Å². The second kappa shape index (κ2) is 6.19. The Morgan fingerprint density at radius 3 is 2.43 bits per heavy atom. The SMILES string of the molecule is CCCc1ccccc1CCNC=O. The fraction of sp³-hybridized carbons (Fsp3) is 0.417. The van der Waals surface area contributed by atoms with Crippen LogP contribution in [-0.4, -0.2) is 13.0 Å². The minimum atomic E-state index is 0.726. The summed E-state index contributed by atoms with van der Waals surface area (Å²) in [5.74, 6) is 0. The highest BCUT2D eigenvalue weighted by molar-refractivity contribution is 5.45. The van der Waals surface area contributed by atoms with E-state index in [9.17, 15) is 4.79 Å². The van der Waals surface area contributed by atoms with Crippen molar-refractivity contribution in [1.29, 1.82) is 0 Å². The lowest BCUT2D eigenvalue weighted by Crippen LogP contribution is -2.15. The van der Waals surface area contributed by atoms with E-state index in [4.69, 9.17) is 0 Å². The van der Waals surface area contributed by atoms with Gasteiger partial charge in [0.2, 0.25) is 6.41 Å². The van der Waals surface area contributed by atoms with Gasteiger partial charge >= 0.3 is 0 Å². The van der Waals surface area contributed by atoms with Crippen LogP contribution < -0.4 is 5.32 Å². The van der Waals surface area contributed by atoms with Crippen molar-refractivity contribution in [2.24, 2.45) is 0 Å². The topological polar surface area (TPSA) is 29.1 Å². The standard InChI is InChI=1S/C12H17NO/c1-2-5-11-6-3-4-7-12(11)8-9-13-10-14/h3-4,6-7,10H,2,5,8-9H2,1H3,(H,13,14). The fourth-order valence-corrected chi connectivity index (χ4v) is 1.58. The molecule has 0 unspecified atom stereocenters. The molecule has 1 N–H and O–H groups in total. The minimum absolute atomic E-state index is 0.726. The Bertz CT molecular complexity index is 283. The maximum atomic E-state index is 10.1. The van der Waals surface area contributed by atoms with Crippen LogP contribution in [0, 0.1) is 0 Å². The summed E-state index contributed by atoms with van der Waals surface area (Å²) in [7, 11) is 0. The molecule has 2 nitrogen and oxygen atoms in total. The lowest BCUT2D eigenvalue weighted by molar-refractivity contribution is -0.109. The number of nitrogens with one attached hydrogen (secondary N) is 1. The quantitative estimate of drug-likeness (QED) is 0.540. The van der Waals surface area contributed by atoms with Crippen molar-refractivity contribution in [3.63, 3.8) is 0 Å². The number of amides is 1. The van der Waals surface area contributed by atoms with Crippen LogP contribution in [0.25, 0.3) is 0 Å². The molecular weight excluding hydrogens is 174 g/mol. The first kappa shape index (κ1) is 10.8. The van der Waals surface area contributed by atoms with Crippen molar-refractivity contribution in [3.05, 3.63) is 35.4 Å². The summed E-state index contributed by atoms with van der Waals surface area (Å²) in [4.78, 5) is 10.1. The number of rotatable bonds is 6. The summed E-state index contributed by atoms with van der Waals surface area (Å²) >= 11 is 0. The summed E-state index contributed by atoms with van der Waals surface area (Å²) in [6, 6.07) is 8.42. The van der Waals surface area contributed by atoms with Gasteiger partial charge in [0, 0.05) is 6.54 Å². The van der Waals surface area contributed by atoms with E-state index in [2.05, 4.69) is 36.5 Å². The maximum absolute atomic E-state index is 10.1. The maximum Gasteiger partial charge on any atom is 0.207 e. The van der Waals surface area contributed by atoms with Gasteiger partial charge in [-0.25, -0.2) is 0 Å². The lowest BCUT2D eigenvalue weighted by atomic mass is 10.0. The molecule has 1 amide bonds. The predicted octanol–water partition coefficient (Wildman–Crippen LogP) is 1.93. The third-order valence-corrected chi connectivity index (χ3v) is 2.26. The summed E-state index contributed by atoms with van der Waals surface area (Å²) in [5, 5.41) is 2.69. The summed E-state index contributed by atoms with van der Waals surface area (Å²) in [6.07, 6.45) is 3.97. The third-order valence-electron chi connectivity index (χ3n) is 2.26. The summed E-state index contributed by atoms with van der Waals surface area (Å²) in [5.41, 5.74) is 2.76. The zero-order chi connectivity index (χ0) is 10.2. The van der Waals surface area contributed by atoms with Crippen LogP contribution in [0.1, 0.15) is 24.5 Å². The molecule has 0 saturated carbocycles. The molecule has 0 fully saturated rings. The van der Waals surface area contributed by atoms with Gasteiger partial charge in [0.05, 0.1) is 0 Å². The van der Waals surface area contributed by atoms with Crippen molar-refractivity contribution >= 4 is 6.41 Å². The van der Waals surface area contributed by atoms with Gasteiger partial charge in [-0.15, -0.1) is 0 Å². The van der Waals surface area contributed by atoms with Crippen LogP contribution >= 0.6 is 0 Å². The number of carbonyl (C=O) groups is 1. The molecule has 1 aromatic carbocycles. The normalized spacial score (nSPS) is 9.79. The largest absolute Gasteiger partial charge is 0.358 e. The molecule has 2 heteroatoms. The highest BCUT2D eigenvalue weighted by Gasteiger charge is 1.99. The number of aryl methyl sites for hydroxylation is 1. The van der Waals surface area contributed by atoms with E-state index in [1.165, 1.54) is 11.1 Å². The average Bonchev–Trinajstić information content (AvgIpc) is 2.21. The van der Waals surface area contributed by atoms with E-state index < -0.39 is 0 Å². The Labute approximate surface area is 85.3 Å². The van der Waals surface area contributed by atoms with Gasteiger partial charge in [0.1, 0.15) is 0 Å². The second-order valence-electron chi connectivity index (χ2n) is 3.34. The molecule has 0 radical (unpaired) electrons. The molecule has 0 aliphatic rings. The van der Waals surface area contributed by atoms with Crippen molar-refractivity contribution in [1.82, 2.24) is 5.32 Å². The van der Waals surface area contributed by atoms with Gasteiger partial charge in [-0.05, 0) is 24.0 Å². The van der Waals surface area contributed by atoms with Crippen molar-refractivity contribution in [3.8, 4) is 0 Å². The average molecular weight is 191 g/mol. The highest BCUT2D eigenvalue weighted by Crippen LogP contribution is 2.11. The van der Waals surface area contributed by atoms with E-state index in [1.54, 1.807) is 0 Å². The first-order chi connectivity index (χ1) is 6.88. The Kier molecular flexibility index (Phi) is 4.76. The molecule has 76 valence electrons. The van der Waals surface area contributed by atoms with Crippen LogP contribution in [0.3, 0.4) is 0 Å². The van der Waals surface area contributed by atoms with Crippen LogP contribution in [0.4, 0.5) is 0 Å². The van der Waals surface area contributed by atoms with Crippen molar-refractivity contribution in [2.45, 2.75) is 26.2 Å². The molecule has 0 spiro atoms. The van der Waals surface area contributed by atoms with E-state index >= 15 is 0 Å². The highest BCUT2D eigenvalue weighted by atomic mass is 16.1. The van der Waals surface area contributed by atoms with Gasteiger partial charge in [-0.3, -0.25) is 4.79 Å².